The fraction of sp³-hybridized carbons (Fsp3) is 0.731. The summed E-state index contributed by atoms with van der Waals surface area (Å²) in [5.74, 6) is 0.738. The lowest BCUT2D eigenvalue weighted by molar-refractivity contribution is 0.137. The Morgan fingerprint density at radius 2 is 1.93 bits per heavy atom. The third-order valence-corrected chi connectivity index (χ3v) is 8.03. The van der Waals surface area contributed by atoms with E-state index in [-0.39, 0.29) is 10.9 Å². The number of aromatic nitrogens is 1. The molecule has 0 saturated carbocycles. The van der Waals surface area contributed by atoms with Crippen LogP contribution in [0, 0.1) is 12.8 Å². The van der Waals surface area contributed by atoms with Gasteiger partial charge in [0.25, 0.3) is 0 Å². The molecule has 0 aliphatic rings. The average Bonchev–Trinajstić information content (AvgIpc) is 3.04. The molecule has 0 spiro atoms. The summed E-state index contributed by atoms with van der Waals surface area (Å²) >= 11 is 3.66. The molecule has 1 aromatic rings. The van der Waals surface area contributed by atoms with Crippen molar-refractivity contribution in [2.45, 2.75) is 116 Å². The summed E-state index contributed by atoms with van der Waals surface area (Å²) in [6, 6.07) is 0. The maximum Gasteiger partial charge on any atom is 0.0901 e. The number of thioether (sulfide) groups is 1. The molecule has 0 amide bonds. The summed E-state index contributed by atoms with van der Waals surface area (Å²) in [5.41, 5.74) is 4.03. The van der Waals surface area contributed by atoms with Gasteiger partial charge in [0.1, 0.15) is 0 Å². The van der Waals surface area contributed by atoms with Gasteiger partial charge in [0.2, 0.25) is 0 Å². The van der Waals surface area contributed by atoms with Crippen LogP contribution in [0.2, 0.25) is 0 Å². The molecule has 2 nitrogen and oxygen atoms in total. The maximum atomic E-state index is 10.2. The fourth-order valence-electron chi connectivity index (χ4n) is 3.97. The van der Waals surface area contributed by atoms with Gasteiger partial charge in [-0.1, -0.05) is 44.4 Å². The number of hydrogen-bond donors (Lipinski definition) is 1. The lowest BCUT2D eigenvalue weighted by Gasteiger charge is -2.33. The number of aliphatic hydroxyl groups is 1. The van der Waals surface area contributed by atoms with Gasteiger partial charge in [-0.3, -0.25) is 0 Å². The van der Waals surface area contributed by atoms with Crippen LogP contribution in [0.4, 0.5) is 0 Å². The van der Waals surface area contributed by atoms with E-state index in [1.807, 2.05) is 11.8 Å². The number of aryl methyl sites for hydroxylation is 1. The molecule has 1 heterocycles. The number of hydrogen-bond acceptors (Lipinski definition) is 4. The Hall–Kier alpha value is -0.580. The highest BCUT2D eigenvalue weighted by molar-refractivity contribution is 8.01. The first kappa shape index (κ1) is 27.5. The normalized spacial score (nSPS) is 16.6. The summed E-state index contributed by atoms with van der Waals surface area (Å²) in [6.07, 6.45) is 12.5. The van der Waals surface area contributed by atoms with E-state index in [1.165, 1.54) is 36.8 Å². The first-order chi connectivity index (χ1) is 14.0. The van der Waals surface area contributed by atoms with Crippen LogP contribution < -0.4 is 0 Å². The smallest absolute Gasteiger partial charge is 0.0901 e. The molecule has 3 atom stereocenters. The zero-order chi connectivity index (χ0) is 22.7. The average molecular weight is 452 g/mol. The highest BCUT2D eigenvalue weighted by Gasteiger charge is 2.29. The van der Waals surface area contributed by atoms with Gasteiger partial charge in [-0.2, -0.15) is 0 Å². The first-order valence-electron chi connectivity index (χ1n) is 11.6. The lowest BCUT2D eigenvalue weighted by atomic mass is 9.97. The molecule has 0 aliphatic heterocycles. The number of allylic oxidation sites excluding steroid dienone is 3. The molecule has 3 unspecified atom stereocenters. The Labute approximate surface area is 194 Å². The van der Waals surface area contributed by atoms with Crippen molar-refractivity contribution in [1.82, 2.24) is 4.98 Å². The van der Waals surface area contributed by atoms with Gasteiger partial charge in [-0.25, -0.2) is 4.98 Å². The number of nitrogens with zero attached hydrogens (tertiary/aromatic N) is 1. The first-order valence-corrected chi connectivity index (χ1v) is 13.4. The van der Waals surface area contributed by atoms with E-state index in [0.29, 0.717) is 5.25 Å². The van der Waals surface area contributed by atoms with Crippen molar-refractivity contribution in [3.63, 3.8) is 0 Å². The van der Waals surface area contributed by atoms with Crippen LogP contribution in [0.25, 0.3) is 6.08 Å². The second-order valence-electron chi connectivity index (χ2n) is 9.56. The van der Waals surface area contributed by atoms with Gasteiger partial charge < -0.3 is 5.11 Å². The summed E-state index contributed by atoms with van der Waals surface area (Å²) in [7, 11) is 0. The Balaban J connectivity index is 2.27. The molecule has 0 bridgehead atoms. The lowest BCUT2D eigenvalue weighted by Crippen LogP contribution is -2.34. The third kappa shape index (κ3) is 11.2. The Kier molecular flexibility index (Phi) is 12.6. The van der Waals surface area contributed by atoms with Crippen molar-refractivity contribution in [2.24, 2.45) is 5.92 Å². The SMILES string of the molecule is CCC(O)C(C)(C)SC(C)CC(C)CCC/C(C)=C\CC/C(C)=C/c1csc(C)n1. The van der Waals surface area contributed by atoms with Crippen molar-refractivity contribution in [1.29, 1.82) is 0 Å². The molecule has 4 heteroatoms. The van der Waals surface area contributed by atoms with E-state index in [9.17, 15) is 5.11 Å². The van der Waals surface area contributed by atoms with Gasteiger partial charge in [0.15, 0.2) is 0 Å². The number of thiazole rings is 1. The van der Waals surface area contributed by atoms with E-state index in [4.69, 9.17) is 0 Å². The van der Waals surface area contributed by atoms with Crippen LogP contribution >= 0.6 is 23.1 Å². The topological polar surface area (TPSA) is 33.1 Å². The summed E-state index contributed by atoms with van der Waals surface area (Å²) in [4.78, 5) is 4.52. The highest BCUT2D eigenvalue weighted by atomic mass is 32.2. The predicted octanol–water partition coefficient (Wildman–Crippen LogP) is 8.45. The quantitative estimate of drug-likeness (QED) is 0.288. The fourth-order valence-corrected chi connectivity index (χ4v) is 6.33. The summed E-state index contributed by atoms with van der Waals surface area (Å²) in [5, 5.41) is 14.1. The molecule has 172 valence electrons. The van der Waals surface area contributed by atoms with Crippen molar-refractivity contribution in [3.8, 4) is 0 Å². The summed E-state index contributed by atoms with van der Waals surface area (Å²) in [6.45, 7) is 17.7. The minimum Gasteiger partial charge on any atom is -0.392 e. The zero-order valence-electron chi connectivity index (χ0n) is 20.6. The van der Waals surface area contributed by atoms with E-state index < -0.39 is 0 Å². The van der Waals surface area contributed by atoms with Crippen LogP contribution in [-0.4, -0.2) is 26.2 Å². The van der Waals surface area contributed by atoms with Gasteiger partial charge in [-0.15, -0.1) is 23.1 Å². The molecule has 1 rings (SSSR count). The van der Waals surface area contributed by atoms with Crippen LogP contribution in [0.3, 0.4) is 0 Å². The largest absolute Gasteiger partial charge is 0.392 e. The van der Waals surface area contributed by atoms with E-state index >= 15 is 0 Å². The molecule has 1 aromatic heterocycles. The summed E-state index contributed by atoms with van der Waals surface area (Å²) < 4.78 is -0.0574. The molecule has 0 saturated heterocycles. The molecule has 0 aliphatic carbocycles. The molecular weight excluding hydrogens is 406 g/mol. The molecule has 0 aromatic carbocycles. The zero-order valence-corrected chi connectivity index (χ0v) is 22.3. The maximum absolute atomic E-state index is 10.2. The highest BCUT2D eigenvalue weighted by Crippen LogP contribution is 2.36. The Morgan fingerprint density at radius 3 is 2.53 bits per heavy atom. The number of aliphatic hydroxyl groups excluding tert-OH is 1. The van der Waals surface area contributed by atoms with Crippen LogP contribution in [-0.2, 0) is 0 Å². The van der Waals surface area contributed by atoms with Crippen molar-refractivity contribution < 1.29 is 5.11 Å². The van der Waals surface area contributed by atoms with Gasteiger partial charge in [-0.05, 0) is 85.1 Å². The Morgan fingerprint density at radius 1 is 1.23 bits per heavy atom. The van der Waals surface area contributed by atoms with E-state index in [2.05, 4.69) is 77.9 Å². The van der Waals surface area contributed by atoms with Crippen molar-refractivity contribution in [2.75, 3.05) is 0 Å². The van der Waals surface area contributed by atoms with Crippen LogP contribution in [0.5, 0.6) is 0 Å². The minimum absolute atomic E-state index is 0.0574. The van der Waals surface area contributed by atoms with Gasteiger partial charge in [0, 0.05) is 15.4 Å². The van der Waals surface area contributed by atoms with E-state index in [1.54, 1.807) is 11.3 Å². The standard InChI is InChI=1S/C26H45NOS2/c1-9-25(28)26(7,8)30-22(5)16-20(3)14-10-12-19(2)13-11-15-21(4)17-24-18-29-23(6)27-24/h13,17-18,20,22,25,28H,9-12,14-16H2,1-8H3/b19-13-,21-17+. The number of rotatable bonds is 14. The van der Waals surface area contributed by atoms with Crippen molar-refractivity contribution >= 4 is 29.2 Å². The molecule has 0 radical (unpaired) electrons. The second-order valence-corrected chi connectivity index (χ2v) is 12.7. The van der Waals surface area contributed by atoms with Crippen LogP contribution in [0.1, 0.15) is 104 Å². The van der Waals surface area contributed by atoms with Crippen molar-refractivity contribution in [3.05, 3.63) is 33.3 Å². The second kappa shape index (κ2) is 13.8. The van der Waals surface area contributed by atoms with Gasteiger partial charge in [0.05, 0.1) is 16.8 Å². The molecular formula is C26H45NOS2. The van der Waals surface area contributed by atoms with Gasteiger partial charge >= 0.3 is 0 Å². The molecule has 0 fully saturated rings. The third-order valence-electron chi connectivity index (χ3n) is 5.76. The predicted molar refractivity (Wildman–Crippen MR) is 139 cm³/mol. The van der Waals surface area contributed by atoms with E-state index in [0.717, 1.165) is 35.9 Å². The molecule has 1 N–H and O–H groups in total. The minimum atomic E-state index is -0.225. The Bertz CT molecular complexity index is 674. The monoisotopic (exact) mass is 451 g/mol. The van der Waals surface area contributed by atoms with Crippen LogP contribution in [0.15, 0.2) is 22.6 Å². The molecule has 30 heavy (non-hydrogen) atoms.